The van der Waals surface area contributed by atoms with Gasteiger partial charge >= 0.3 is 0 Å². The van der Waals surface area contributed by atoms with Gasteiger partial charge in [0.1, 0.15) is 13.2 Å². The van der Waals surface area contributed by atoms with E-state index in [1.807, 2.05) is 0 Å². The van der Waals surface area contributed by atoms with Crippen LogP contribution in [0.5, 0.6) is 0 Å². The van der Waals surface area contributed by atoms with Crippen LogP contribution >= 0.6 is 0 Å². The van der Waals surface area contributed by atoms with E-state index in [-0.39, 0.29) is 25.8 Å². The number of aliphatic hydroxyl groups is 1. The van der Waals surface area contributed by atoms with Crippen molar-refractivity contribution >= 4 is 0 Å². The van der Waals surface area contributed by atoms with E-state index in [1.54, 1.807) is 0 Å². The molecule has 0 saturated carbocycles. The van der Waals surface area contributed by atoms with Crippen LogP contribution in [0, 0.1) is 23.7 Å². The van der Waals surface area contributed by atoms with Crippen molar-refractivity contribution in [2.24, 2.45) is 0 Å². The molecule has 1 N–H and O–H groups in total. The van der Waals surface area contributed by atoms with Crippen LogP contribution in [0.2, 0.25) is 0 Å². The number of hydrogen-bond donors (Lipinski definition) is 1. The highest BCUT2D eigenvalue weighted by atomic mass is 16.7. The first-order valence-electron chi connectivity index (χ1n) is 7.96. The first-order chi connectivity index (χ1) is 10.8. The first kappa shape index (κ1) is 17.3. The van der Waals surface area contributed by atoms with Gasteiger partial charge in [0.25, 0.3) is 0 Å². The SMILES string of the molecule is OC(C#CCOC1CCCCO1)C#CCOC1CCCCO1. The fraction of sp³-hybridized carbons (Fsp3) is 0.765. The summed E-state index contributed by atoms with van der Waals surface area (Å²) < 4.78 is 21.7. The van der Waals surface area contributed by atoms with Crippen LogP contribution in [-0.4, -0.2) is 50.2 Å². The topological polar surface area (TPSA) is 57.2 Å². The molecule has 0 aliphatic carbocycles. The van der Waals surface area contributed by atoms with Gasteiger partial charge in [0, 0.05) is 13.2 Å². The lowest BCUT2D eigenvalue weighted by Gasteiger charge is -2.21. The van der Waals surface area contributed by atoms with Crippen LogP contribution in [0.1, 0.15) is 38.5 Å². The van der Waals surface area contributed by atoms with Crippen molar-refractivity contribution in [3.05, 3.63) is 0 Å². The zero-order chi connectivity index (χ0) is 15.5. The Kier molecular flexibility index (Phi) is 8.33. The number of ether oxygens (including phenoxy) is 4. The van der Waals surface area contributed by atoms with Crippen molar-refractivity contribution in [1.29, 1.82) is 0 Å². The van der Waals surface area contributed by atoms with Gasteiger partial charge in [0.05, 0.1) is 0 Å². The maximum Gasteiger partial charge on any atom is 0.176 e. The van der Waals surface area contributed by atoms with E-state index < -0.39 is 6.10 Å². The van der Waals surface area contributed by atoms with Gasteiger partial charge in [-0.3, -0.25) is 0 Å². The second-order valence-corrected chi connectivity index (χ2v) is 5.26. The van der Waals surface area contributed by atoms with Gasteiger partial charge in [-0.05, 0) is 38.5 Å². The quantitative estimate of drug-likeness (QED) is 0.797. The van der Waals surface area contributed by atoms with Crippen LogP contribution in [0.15, 0.2) is 0 Å². The monoisotopic (exact) mass is 308 g/mol. The van der Waals surface area contributed by atoms with Crippen molar-refractivity contribution in [2.75, 3.05) is 26.4 Å². The van der Waals surface area contributed by atoms with E-state index in [0.717, 1.165) is 51.7 Å². The molecule has 2 fully saturated rings. The van der Waals surface area contributed by atoms with Crippen LogP contribution in [0.25, 0.3) is 0 Å². The van der Waals surface area contributed by atoms with Gasteiger partial charge < -0.3 is 24.1 Å². The summed E-state index contributed by atoms with van der Waals surface area (Å²) >= 11 is 0. The molecule has 2 rings (SSSR count). The lowest BCUT2D eigenvalue weighted by atomic mass is 10.2. The molecular weight excluding hydrogens is 284 g/mol. The normalized spacial score (nSPS) is 26.2. The average molecular weight is 308 g/mol. The molecule has 2 aliphatic heterocycles. The molecule has 0 aromatic carbocycles. The second kappa shape index (κ2) is 10.6. The van der Waals surface area contributed by atoms with Gasteiger partial charge in [0.2, 0.25) is 0 Å². The summed E-state index contributed by atoms with van der Waals surface area (Å²) in [6.07, 6.45) is 4.95. The highest BCUT2D eigenvalue weighted by molar-refractivity contribution is 5.19. The molecule has 0 bridgehead atoms. The van der Waals surface area contributed by atoms with E-state index >= 15 is 0 Å². The Bertz CT molecular complexity index is 376. The average Bonchev–Trinajstić information content (AvgIpc) is 2.57. The van der Waals surface area contributed by atoms with Gasteiger partial charge in [0.15, 0.2) is 18.7 Å². The molecular formula is C17H24O5. The fourth-order valence-corrected chi connectivity index (χ4v) is 2.27. The van der Waals surface area contributed by atoms with Crippen LogP contribution in [0.3, 0.4) is 0 Å². The van der Waals surface area contributed by atoms with Crippen molar-refractivity contribution < 1.29 is 24.1 Å². The third kappa shape index (κ3) is 7.26. The molecule has 2 saturated heterocycles. The Morgan fingerprint density at radius 3 is 1.77 bits per heavy atom. The Morgan fingerprint density at radius 2 is 1.36 bits per heavy atom. The molecule has 2 aliphatic rings. The molecule has 0 amide bonds. The molecule has 5 heteroatoms. The molecule has 0 aromatic rings. The molecule has 0 radical (unpaired) electrons. The summed E-state index contributed by atoms with van der Waals surface area (Å²) in [7, 11) is 0. The van der Waals surface area contributed by atoms with Gasteiger partial charge in [-0.25, -0.2) is 0 Å². The molecule has 2 unspecified atom stereocenters. The van der Waals surface area contributed by atoms with Gasteiger partial charge in [-0.15, -0.1) is 0 Å². The van der Waals surface area contributed by atoms with Crippen LogP contribution in [-0.2, 0) is 18.9 Å². The zero-order valence-electron chi connectivity index (χ0n) is 12.9. The summed E-state index contributed by atoms with van der Waals surface area (Å²) in [5.41, 5.74) is 0. The second-order valence-electron chi connectivity index (χ2n) is 5.26. The van der Waals surface area contributed by atoms with E-state index in [0.29, 0.717) is 0 Å². The van der Waals surface area contributed by atoms with Crippen molar-refractivity contribution in [2.45, 2.75) is 57.2 Å². The molecule has 2 heterocycles. The van der Waals surface area contributed by atoms with Crippen molar-refractivity contribution in [3.63, 3.8) is 0 Å². The zero-order valence-corrected chi connectivity index (χ0v) is 12.9. The molecule has 22 heavy (non-hydrogen) atoms. The van der Waals surface area contributed by atoms with Crippen molar-refractivity contribution in [3.8, 4) is 23.7 Å². The minimum absolute atomic E-state index is 0.157. The lowest BCUT2D eigenvalue weighted by Crippen LogP contribution is -2.22. The summed E-state index contributed by atoms with van der Waals surface area (Å²) in [5.74, 6) is 10.8. The minimum atomic E-state index is -0.980. The van der Waals surface area contributed by atoms with Gasteiger partial charge in [-0.2, -0.15) is 0 Å². The van der Waals surface area contributed by atoms with Crippen LogP contribution in [0.4, 0.5) is 0 Å². The highest BCUT2D eigenvalue weighted by Crippen LogP contribution is 2.13. The number of aliphatic hydroxyl groups excluding tert-OH is 1. The van der Waals surface area contributed by atoms with Crippen molar-refractivity contribution in [1.82, 2.24) is 0 Å². The standard InChI is InChI=1S/C17H24O5/c18-15(7-5-13-21-16-9-1-3-11-19-16)8-6-14-22-17-10-2-4-12-20-17/h15-18H,1-4,9-14H2. The predicted octanol–water partition coefficient (Wildman–Crippen LogP) is 1.44. The minimum Gasteiger partial charge on any atom is -0.369 e. The maximum absolute atomic E-state index is 9.60. The molecule has 0 spiro atoms. The Hall–Kier alpha value is -1.08. The van der Waals surface area contributed by atoms with E-state index in [4.69, 9.17) is 18.9 Å². The predicted molar refractivity (Wildman–Crippen MR) is 80.6 cm³/mol. The highest BCUT2D eigenvalue weighted by Gasteiger charge is 2.13. The first-order valence-corrected chi connectivity index (χ1v) is 7.96. The fourth-order valence-electron chi connectivity index (χ4n) is 2.27. The lowest BCUT2D eigenvalue weighted by molar-refractivity contribution is -0.154. The molecule has 122 valence electrons. The summed E-state index contributed by atoms with van der Waals surface area (Å²) in [4.78, 5) is 0. The third-order valence-electron chi connectivity index (χ3n) is 3.44. The van der Waals surface area contributed by atoms with E-state index in [9.17, 15) is 5.11 Å². The third-order valence-corrected chi connectivity index (χ3v) is 3.44. The van der Waals surface area contributed by atoms with E-state index in [1.165, 1.54) is 0 Å². The Morgan fingerprint density at radius 1 is 0.864 bits per heavy atom. The largest absolute Gasteiger partial charge is 0.369 e. The Labute approximate surface area is 132 Å². The smallest absolute Gasteiger partial charge is 0.176 e. The van der Waals surface area contributed by atoms with E-state index in [2.05, 4.69) is 23.7 Å². The summed E-state index contributed by atoms with van der Waals surface area (Å²) in [5, 5.41) is 9.60. The Balaban J connectivity index is 1.55. The maximum atomic E-state index is 9.60. The molecule has 5 nitrogen and oxygen atoms in total. The molecule has 2 atom stereocenters. The molecule has 0 aromatic heterocycles. The summed E-state index contributed by atoms with van der Waals surface area (Å²) in [6, 6.07) is 0. The number of hydrogen-bond acceptors (Lipinski definition) is 5. The summed E-state index contributed by atoms with van der Waals surface area (Å²) in [6.45, 7) is 1.99. The number of rotatable bonds is 4. The van der Waals surface area contributed by atoms with Gasteiger partial charge in [-0.1, -0.05) is 23.7 Å². The van der Waals surface area contributed by atoms with Crippen LogP contribution < -0.4 is 0 Å².